The van der Waals surface area contributed by atoms with Gasteiger partial charge < -0.3 is 9.80 Å². The summed E-state index contributed by atoms with van der Waals surface area (Å²) in [5, 5.41) is 0.622. The Morgan fingerprint density at radius 3 is 2.17 bits per heavy atom. The van der Waals surface area contributed by atoms with Gasteiger partial charge in [-0.1, -0.05) is 32.4 Å². The summed E-state index contributed by atoms with van der Waals surface area (Å²) in [5.41, 5.74) is 0.631. The van der Waals surface area contributed by atoms with Gasteiger partial charge in [0.15, 0.2) is 0 Å². The summed E-state index contributed by atoms with van der Waals surface area (Å²) in [6.07, 6.45) is 1.35. The lowest BCUT2D eigenvalue weighted by Gasteiger charge is -2.25. The first-order valence-electron chi connectivity index (χ1n) is 8.09. The van der Waals surface area contributed by atoms with Crippen LogP contribution in [0.2, 0.25) is 5.02 Å². The second kappa shape index (κ2) is 7.35. The van der Waals surface area contributed by atoms with Gasteiger partial charge >= 0.3 is 0 Å². The van der Waals surface area contributed by atoms with Crippen LogP contribution in [0, 0.1) is 5.41 Å². The number of amides is 2. The van der Waals surface area contributed by atoms with E-state index in [0.717, 1.165) is 13.0 Å². The zero-order chi connectivity index (χ0) is 17.0. The van der Waals surface area contributed by atoms with Crippen LogP contribution in [-0.4, -0.2) is 47.8 Å². The molecule has 1 saturated heterocycles. The third-order valence-electron chi connectivity index (χ3n) is 3.91. The number of nitrogens with zero attached hydrogens (tertiary/aromatic N) is 2. The lowest BCUT2D eigenvalue weighted by Crippen LogP contribution is -2.38. The zero-order valence-corrected chi connectivity index (χ0v) is 14.9. The Hall–Kier alpha value is -1.55. The quantitative estimate of drug-likeness (QED) is 0.830. The van der Waals surface area contributed by atoms with Crippen LogP contribution >= 0.6 is 11.6 Å². The highest BCUT2D eigenvalue weighted by atomic mass is 35.5. The highest BCUT2D eigenvalue weighted by Gasteiger charge is 2.25. The van der Waals surface area contributed by atoms with Crippen molar-refractivity contribution in [2.45, 2.75) is 33.6 Å². The van der Waals surface area contributed by atoms with Crippen LogP contribution in [0.4, 0.5) is 0 Å². The zero-order valence-electron chi connectivity index (χ0n) is 14.1. The molecule has 0 radical (unpaired) electrons. The Morgan fingerprint density at radius 1 is 1.00 bits per heavy atom. The lowest BCUT2D eigenvalue weighted by atomic mass is 9.91. The molecule has 23 heavy (non-hydrogen) atoms. The van der Waals surface area contributed by atoms with Crippen LogP contribution in [-0.2, 0) is 4.79 Å². The van der Waals surface area contributed by atoms with E-state index in [0.29, 0.717) is 36.6 Å². The van der Waals surface area contributed by atoms with E-state index < -0.39 is 0 Å². The fourth-order valence-electron chi connectivity index (χ4n) is 2.71. The van der Waals surface area contributed by atoms with E-state index in [1.54, 1.807) is 24.3 Å². The fourth-order valence-corrected chi connectivity index (χ4v) is 2.84. The predicted molar refractivity (Wildman–Crippen MR) is 92.6 cm³/mol. The van der Waals surface area contributed by atoms with Crippen molar-refractivity contribution >= 4 is 23.4 Å². The van der Waals surface area contributed by atoms with Crippen molar-refractivity contribution in [3.8, 4) is 0 Å². The second-order valence-corrected chi connectivity index (χ2v) is 7.71. The molecule has 1 aliphatic heterocycles. The van der Waals surface area contributed by atoms with Gasteiger partial charge in [0.2, 0.25) is 5.91 Å². The fraction of sp³-hybridized carbons (Fsp3) is 0.556. The summed E-state index contributed by atoms with van der Waals surface area (Å²) in [6.45, 7) is 8.79. The Labute approximate surface area is 143 Å². The maximum atomic E-state index is 12.5. The lowest BCUT2D eigenvalue weighted by molar-refractivity contribution is -0.132. The van der Waals surface area contributed by atoms with Crippen LogP contribution in [0.25, 0.3) is 0 Å². The van der Waals surface area contributed by atoms with E-state index in [2.05, 4.69) is 20.8 Å². The minimum absolute atomic E-state index is 0.00628. The molecule has 1 fully saturated rings. The molecule has 0 atom stereocenters. The Kier molecular flexibility index (Phi) is 5.69. The van der Waals surface area contributed by atoms with Gasteiger partial charge in [0.1, 0.15) is 0 Å². The number of halogens is 1. The van der Waals surface area contributed by atoms with Crippen molar-refractivity contribution in [2.24, 2.45) is 5.41 Å². The summed E-state index contributed by atoms with van der Waals surface area (Å²) in [7, 11) is 0. The van der Waals surface area contributed by atoms with Gasteiger partial charge in [-0.05, 0) is 36.1 Å². The molecule has 2 rings (SSSR count). The summed E-state index contributed by atoms with van der Waals surface area (Å²) in [4.78, 5) is 28.6. The van der Waals surface area contributed by atoms with Gasteiger partial charge in [0.25, 0.3) is 5.91 Å². The highest BCUT2D eigenvalue weighted by molar-refractivity contribution is 6.30. The first-order chi connectivity index (χ1) is 10.8. The Morgan fingerprint density at radius 2 is 1.57 bits per heavy atom. The van der Waals surface area contributed by atoms with E-state index in [1.165, 1.54) is 0 Å². The van der Waals surface area contributed by atoms with Crippen LogP contribution in [0.5, 0.6) is 0 Å². The van der Waals surface area contributed by atoms with Crippen LogP contribution < -0.4 is 0 Å². The normalized spacial score (nSPS) is 16.2. The molecule has 1 aliphatic rings. The third kappa shape index (κ3) is 5.24. The largest absolute Gasteiger partial charge is 0.341 e. The first-order valence-corrected chi connectivity index (χ1v) is 8.47. The summed E-state index contributed by atoms with van der Waals surface area (Å²) in [6, 6.07) is 6.95. The molecule has 0 aromatic heterocycles. The van der Waals surface area contributed by atoms with Gasteiger partial charge in [-0.25, -0.2) is 0 Å². The second-order valence-electron chi connectivity index (χ2n) is 7.27. The molecule has 4 nitrogen and oxygen atoms in total. The average molecular weight is 337 g/mol. The molecule has 1 aromatic carbocycles. The van der Waals surface area contributed by atoms with Crippen LogP contribution in [0.15, 0.2) is 24.3 Å². The molecule has 0 saturated carbocycles. The predicted octanol–water partition coefficient (Wildman–Crippen LogP) is 3.45. The first kappa shape index (κ1) is 17.8. The minimum Gasteiger partial charge on any atom is -0.341 e. The maximum absolute atomic E-state index is 12.5. The Balaban J connectivity index is 1.97. The topological polar surface area (TPSA) is 40.6 Å². The monoisotopic (exact) mass is 336 g/mol. The number of carbonyl (C=O) groups excluding carboxylic acids is 2. The Bertz CT molecular complexity index is 563. The number of rotatable bonds is 2. The molecular formula is C18H25ClN2O2. The van der Waals surface area contributed by atoms with Gasteiger partial charge in [-0.15, -0.1) is 0 Å². The average Bonchev–Trinajstić information content (AvgIpc) is 2.71. The number of hydrogen-bond acceptors (Lipinski definition) is 2. The number of hydrogen-bond donors (Lipinski definition) is 0. The van der Waals surface area contributed by atoms with E-state index in [1.807, 2.05) is 9.80 Å². The van der Waals surface area contributed by atoms with Crippen molar-refractivity contribution in [1.82, 2.24) is 9.80 Å². The molecule has 0 aliphatic carbocycles. The van der Waals surface area contributed by atoms with Gasteiger partial charge in [0.05, 0.1) is 0 Å². The highest BCUT2D eigenvalue weighted by Crippen LogP contribution is 2.21. The van der Waals surface area contributed by atoms with E-state index >= 15 is 0 Å². The van der Waals surface area contributed by atoms with E-state index in [4.69, 9.17) is 11.6 Å². The molecule has 2 amide bonds. The number of carbonyl (C=O) groups is 2. The summed E-state index contributed by atoms with van der Waals surface area (Å²) >= 11 is 5.87. The van der Waals surface area contributed by atoms with Crippen molar-refractivity contribution in [3.63, 3.8) is 0 Å². The van der Waals surface area contributed by atoms with Gasteiger partial charge in [-0.2, -0.15) is 0 Å². The third-order valence-corrected chi connectivity index (χ3v) is 4.16. The number of benzene rings is 1. The minimum atomic E-state index is -0.0117. The molecule has 5 heteroatoms. The molecule has 0 unspecified atom stereocenters. The van der Waals surface area contributed by atoms with Crippen LogP contribution in [0.1, 0.15) is 44.0 Å². The molecule has 1 aromatic rings. The van der Waals surface area contributed by atoms with E-state index in [9.17, 15) is 9.59 Å². The van der Waals surface area contributed by atoms with Crippen molar-refractivity contribution in [2.75, 3.05) is 26.2 Å². The SMILES string of the molecule is CC(C)(C)CC(=O)N1CCCN(C(=O)c2ccc(Cl)cc2)CC1. The molecule has 0 spiro atoms. The molecular weight excluding hydrogens is 312 g/mol. The van der Waals surface area contributed by atoms with Crippen molar-refractivity contribution in [3.05, 3.63) is 34.9 Å². The van der Waals surface area contributed by atoms with Crippen LogP contribution in [0.3, 0.4) is 0 Å². The van der Waals surface area contributed by atoms with E-state index in [-0.39, 0.29) is 17.2 Å². The molecule has 1 heterocycles. The molecule has 0 bridgehead atoms. The molecule has 126 valence electrons. The standard InChI is InChI=1S/C18H25ClN2O2/c1-18(2,3)13-16(22)20-9-4-10-21(12-11-20)17(23)14-5-7-15(19)8-6-14/h5-8H,4,9-13H2,1-3H3. The van der Waals surface area contributed by atoms with Crippen molar-refractivity contribution < 1.29 is 9.59 Å². The van der Waals surface area contributed by atoms with Gasteiger partial charge in [-0.3, -0.25) is 9.59 Å². The van der Waals surface area contributed by atoms with Gasteiger partial charge in [0, 0.05) is 43.2 Å². The van der Waals surface area contributed by atoms with Crippen molar-refractivity contribution in [1.29, 1.82) is 0 Å². The smallest absolute Gasteiger partial charge is 0.253 e. The molecule has 0 N–H and O–H groups in total. The summed E-state index contributed by atoms with van der Waals surface area (Å²) < 4.78 is 0. The maximum Gasteiger partial charge on any atom is 0.253 e. The summed E-state index contributed by atoms with van der Waals surface area (Å²) in [5.74, 6) is 0.185.